The molecule has 0 spiro atoms. The van der Waals surface area contributed by atoms with Crippen LogP contribution in [0, 0.1) is 0 Å². The van der Waals surface area contributed by atoms with Gasteiger partial charge in [0.05, 0.1) is 5.02 Å². The van der Waals surface area contributed by atoms with Gasteiger partial charge in [-0.15, -0.1) is 0 Å². The molecule has 0 atom stereocenters. The van der Waals surface area contributed by atoms with Crippen molar-refractivity contribution < 1.29 is 9.53 Å². The van der Waals surface area contributed by atoms with Gasteiger partial charge >= 0.3 is 0 Å². The van der Waals surface area contributed by atoms with Gasteiger partial charge in [-0.1, -0.05) is 27.5 Å². The second kappa shape index (κ2) is 6.41. The third-order valence-electron chi connectivity index (χ3n) is 2.71. The Morgan fingerprint density at radius 1 is 1.44 bits per heavy atom. The minimum absolute atomic E-state index is 0.00418. The fraction of sp³-hybridized carbons (Fsp3) is 0.417. The van der Waals surface area contributed by atoms with Gasteiger partial charge in [-0.2, -0.15) is 0 Å². The minimum Gasteiger partial charge on any atom is -0.482 e. The maximum atomic E-state index is 11.9. The van der Waals surface area contributed by atoms with Gasteiger partial charge in [0.15, 0.2) is 6.61 Å². The standard InChI is InChI=1S/C12H14BrClN2O2/c13-9-1-2-11(10(14)7-9)18-8-12(17)16-5-3-15-4-6-16/h1-2,7,15H,3-6,8H2. The maximum absolute atomic E-state index is 11.9. The molecule has 6 heteroatoms. The molecule has 1 aromatic rings. The second-order valence-corrected chi connectivity index (χ2v) is 5.32. The first-order valence-electron chi connectivity index (χ1n) is 5.73. The zero-order chi connectivity index (χ0) is 13.0. The number of halogens is 2. The molecular weight excluding hydrogens is 320 g/mol. The number of nitrogens with zero attached hydrogens (tertiary/aromatic N) is 1. The average molecular weight is 334 g/mol. The summed E-state index contributed by atoms with van der Waals surface area (Å²) in [5.74, 6) is 0.527. The van der Waals surface area contributed by atoms with Crippen LogP contribution in [0.15, 0.2) is 22.7 Å². The van der Waals surface area contributed by atoms with Crippen LogP contribution in [0.5, 0.6) is 5.75 Å². The van der Waals surface area contributed by atoms with E-state index in [-0.39, 0.29) is 12.5 Å². The van der Waals surface area contributed by atoms with Crippen LogP contribution in [0.25, 0.3) is 0 Å². The third-order valence-corrected chi connectivity index (χ3v) is 3.50. The Labute approximate surface area is 119 Å². The van der Waals surface area contributed by atoms with E-state index in [1.807, 2.05) is 6.07 Å². The lowest BCUT2D eigenvalue weighted by Gasteiger charge is -2.27. The summed E-state index contributed by atoms with van der Waals surface area (Å²) >= 11 is 9.33. The molecule has 1 aromatic carbocycles. The van der Waals surface area contributed by atoms with Crippen LogP contribution in [0.4, 0.5) is 0 Å². The molecule has 0 saturated carbocycles. The molecule has 2 rings (SSSR count). The van der Waals surface area contributed by atoms with Crippen molar-refractivity contribution in [2.45, 2.75) is 0 Å². The molecule has 1 fully saturated rings. The third kappa shape index (κ3) is 3.60. The molecule has 1 aliphatic heterocycles. The summed E-state index contributed by atoms with van der Waals surface area (Å²) in [4.78, 5) is 13.7. The van der Waals surface area contributed by atoms with Gasteiger partial charge in [0.25, 0.3) is 5.91 Å². The van der Waals surface area contributed by atoms with Crippen molar-refractivity contribution in [2.24, 2.45) is 0 Å². The van der Waals surface area contributed by atoms with Gasteiger partial charge in [-0.3, -0.25) is 4.79 Å². The summed E-state index contributed by atoms with van der Waals surface area (Å²) in [5, 5.41) is 3.70. The number of ether oxygens (including phenoxy) is 1. The number of carbonyl (C=O) groups is 1. The number of amides is 1. The first-order valence-corrected chi connectivity index (χ1v) is 6.90. The van der Waals surface area contributed by atoms with Crippen LogP contribution in [0.2, 0.25) is 5.02 Å². The van der Waals surface area contributed by atoms with Crippen molar-refractivity contribution >= 4 is 33.4 Å². The van der Waals surface area contributed by atoms with Crippen molar-refractivity contribution in [3.8, 4) is 5.75 Å². The Balaban J connectivity index is 1.88. The van der Waals surface area contributed by atoms with Crippen molar-refractivity contribution in [3.63, 3.8) is 0 Å². The molecule has 1 saturated heterocycles. The van der Waals surface area contributed by atoms with E-state index in [1.54, 1.807) is 17.0 Å². The van der Waals surface area contributed by atoms with Crippen LogP contribution in [-0.4, -0.2) is 43.6 Å². The smallest absolute Gasteiger partial charge is 0.260 e. The lowest BCUT2D eigenvalue weighted by molar-refractivity contribution is -0.133. The number of carbonyl (C=O) groups excluding carboxylic acids is 1. The molecule has 0 aliphatic carbocycles. The highest BCUT2D eigenvalue weighted by Crippen LogP contribution is 2.27. The van der Waals surface area contributed by atoms with E-state index >= 15 is 0 Å². The highest BCUT2D eigenvalue weighted by atomic mass is 79.9. The maximum Gasteiger partial charge on any atom is 0.260 e. The fourth-order valence-corrected chi connectivity index (χ4v) is 2.47. The molecule has 0 radical (unpaired) electrons. The van der Waals surface area contributed by atoms with Crippen LogP contribution in [0.3, 0.4) is 0 Å². The van der Waals surface area contributed by atoms with Gasteiger partial charge in [-0.25, -0.2) is 0 Å². The minimum atomic E-state index is -0.00418. The van der Waals surface area contributed by atoms with E-state index in [2.05, 4.69) is 21.2 Å². The van der Waals surface area contributed by atoms with Gasteiger partial charge in [0, 0.05) is 30.7 Å². The van der Waals surface area contributed by atoms with E-state index in [9.17, 15) is 4.79 Å². The molecular formula is C12H14BrClN2O2. The lowest BCUT2D eigenvalue weighted by Crippen LogP contribution is -2.47. The van der Waals surface area contributed by atoms with Crippen LogP contribution < -0.4 is 10.1 Å². The molecule has 4 nitrogen and oxygen atoms in total. The average Bonchev–Trinajstić information content (AvgIpc) is 2.38. The number of hydrogen-bond donors (Lipinski definition) is 1. The van der Waals surface area contributed by atoms with E-state index in [0.29, 0.717) is 10.8 Å². The monoisotopic (exact) mass is 332 g/mol. The van der Waals surface area contributed by atoms with Crippen LogP contribution in [-0.2, 0) is 4.79 Å². The van der Waals surface area contributed by atoms with Gasteiger partial charge in [0.1, 0.15) is 5.75 Å². The quantitative estimate of drug-likeness (QED) is 0.919. The number of benzene rings is 1. The topological polar surface area (TPSA) is 41.6 Å². The molecule has 0 aromatic heterocycles. The second-order valence-electron chi connectivity index (χ2n) is 3.99. The predicted octanol–water partition coefficient (Wildman–Crippen LogP) is 1.91. The summed E-state index contributed by atoms with van der Waals surface area (Å²) in [6.07, 6.45) is 0. The number of nitrogens with one attached hydrogen (secondary N) is 1. The zero-order valence-electron chi connectivity index (χ0n) is 9.79. The van der Waals surface area contributed by atoms with Crippen molar-refractivity contribution in [2.75, 3.05) is 32.8 Å². The number of rotatable bonds is 3. The highest BCUT2D eigenvalue weighted by molar-refractivity contribution is 9.10. The Hall–Kier alpha value is -0.780. The van der Waals surface area contributed by atoms with E-state index in [0.717, 1.165) is 30.7 Å². The Bertz CT molecular complexity index is 436. The first kappa shape index (κ1) is 13.6. The summed E-state index contributed by atoms with van der Waals surface area (Å²) in [6.45, 7) is 3.17. The van der Waals surface area contributed by atoms with Gasteiger partial charge < -0.3 is 15.0 Å². The summed E-state index contributed by atoms with van der Waals surface area (Å²) in [7, 11) is 0. The Morgan fingerprint density at radius 2 is 2.17 bits per heavy atom. The van der Waals surface area contributed by atoms with E-state index in [4.69, 9.17) is 16.3 Å². The van der Waals surface area contributed by atoms with Crippen LogP contribution >= 0.6 is 27.5 Å². The highest BCUT2D eigenvalue weighted by Gasteiger charge is 2.16. The Kier molecular flexibility index (Phi) is 4.86. The van der Waals surface area contributed by atoms with Crippen LogP contribution in [0.1, 0.15) is 0 Å². The Morgan fingerprint density at radius 3 is 2.83 bits per heavy atom. The summed E-state index contributed by atoms with van der Waals surface area (Å²) in [5.41, 5.74) is 0. The number of hydrogen-bond acceptors (Lipinski definition) is 3. The van der Waals surface area contributed by atoms with E-state index < -0.39 is 0 Å². The largest absolute Gasteiger partial charge is 0.482 e. The molecule has 1 heterocycles. The summed E-state index contributed by atoms with van der Waals surface area (Å²) < 4.78 is 6.33. The molecule has 1 amide bonds. The molecule has 0 unspecified atom stereocenters. The van der Waals surface area contributed by atoms with E-state index in [1.165, 1.54) is 0 Å². The van der Waals surface area contributed by atoms with Crippen molar-refractivity contribution in [1.82, 2.24) is 10.2 Å². The van der Waals surface area contributed by atoms with Crippen molar-refractivity contribution in [1.29, 1.82) is 0 Å². The zero-order valence-corrected chi connectivity index (χ0v) is 12.1. The predicted molar refractivity (Wildman–Crippen MR) is 74.1 cm³/mol. The van der Waals surface area contributed by atoms with Gasteiger partial charge in [-0.05, 0) is 18.2 Å². The SMILES string of the molecule is O=C(COc1ccc(Br)cc1Cl)N1CCNCC1. The first-order chi connectivity index (χ1) is 8.66. The van der Waals surface area contributed by atoms with Gasteiger partial charge in [0.2, 0.25) is 0 Å². The normalized spacial score (nSPS) is 15.6. The molecule has 98 valence electrons. The lowest BCUT2D eigenvalue weighted by atomic mass is 10.3. The molecule has 1 N–H and O–H groups in total. The summed E-state index contributed by atoms with van der Waals surface area (Å²) in [6, 6.07) is 5.32. The van der Waals surface area contributed by atoms with Crippen molar-refractivity contribution in [3.05, 3.63) is 27.7 Å². The molecule has 0 bridgehead atoms. The fourth-order valence-electron chi connectivity index (χ4n) is 1.74. The number of piperazine rings is 1. The molecule has 18 heavy (non-hydrogen) atoms. The molecule has 1 aliphatic rings.